The fourth-order valence-corrected chi connectivity index (χ4v) is 2.16. The van der Waals surface area contributed by atoms with Crippen LogP contribution < -0.4 is 5.32 Å². The van der Waals surface area contributed by atoms with Crippen LogP contribution in [0.3, 0.4) is 0 Å². The molecule has 4 nitrogen and oxygen atoms in total. The first-order valence-electron chi connectivity index (χ1n) is 4.07. The molecule has 0 aromatic carbocycles. The summed E-state index contributed by atoms with van der Waals surface area (Å²) in [5.41, 5.74) is 0.937. The van der Waals surface area contributed by atoms with Crippen molar-refractivity contribution in [2.75, 3.05) is 11.9 Å². The first-order valence-corrected chi connectivity index (χ1v) is 5.78. The predicted molar refractivity (Wildman–Crippen MR) is 57.7 cm³/mol. The molecule has 1 atom stereocenters. The molecule has 2 aromatic rings. The van der Waals surface area contributed by atoms with Gasteiger partial charge in [-0.15, -0.1) is 0 Å². The summed E-state index contributed by atoms with van der Waals surface area (Å²) in [6, 6.07) is 1.91. The smallest absolute Gasteiger partial charge is 0.202 e. The van der Waals surface area contributed by atoms with Crippen LogP contribution in [0.2, 0.25) is 0 Å². The minimum absolute atomic E-state index is 0.464. The van der Waals surface area contributed by atoms with Crippen molar-refractivity contribution in [2.45, 2.75) is 6.10 Å². The average molecular weight is 227 g/mol. The zero-order valence-electron chi connectivity index (χ0n) is 7.25. The van der Waals surface area contributed by atoms with Crippen LogP contribution in [-0.2, 0) is 0 Å². The minimum atomic E-state index is -0.481. The number of aromatic nitrogens is 2. The maximum Gasteiger partial charge on any atom is 0.202 e. The van der Waals surface area contributed by atoms with Crippen LogP contribution in [0.4, 0.5) is 5.13 Å². The Labute approximate surface area is 89.4 Å². The fourth-order valence-electron chi connectivity index (χ4n) is 1.02. The molecule has 0 aliphatic heterocycles. The monoisotopic (exact) mass is 227 g/mol. The molecular weight excluding hydrogens is 218 g/mol. The van der Waals surface area contributed by atoms with Gasteiger partial charge in [0.15, 0.2) is 0 Å². The standard InChI is InChI=1S/C8H9N3OS2/c12-7(6-1-2-13-4-6)3-9-8-10-5-11-14-8/h1-2,4-5,7,12H,3H2,(H,9,10,11). The van der Waals surface area contributed by atoms with Gasteiger partial charge in [-0.2, -0.15) is 15.7 Å². The Balaban J connectivity index is 1.87. The molecule has 0 saturated heterocycles. The van der Waals surface area contributed by atoms with E-state index in [2.05, 4.69) is 14.7 Å². The van der Waals surface area contributed by atoms with E-state index >= 15 is 0 Å². The SMILES string of the molecule is OC(CNc1ncns1)c1ccsc1. The second-order valence-electron chi connectivity index (χ2n) is 2.70. The van der Waals surface area contributed by atoms with Gasteiger partial charge in [-0.25, -0.2) is 4.98 Å². The van der Waals surface area contributed by atoms with Crippen molar-refractivity contribution < 1.29 is 5.11 Å². The molecule has 1 unspecified atom stereocenters. The van der Waals surface area contributed by atoms with Gasteiger partial charge in [-0.1, -0.05) is 0 Å². The number of nitrogens with one attached hydrogen (secondary N) is 1. The highest BCUT2D eigenvalue weighted by Crippen LogP contribution is 2.17. The van der Waals surface area contributed by atoms with Gasteiger partial charge in [-0.05, 0) is 22.4 Å². The quantitative estimate of drug-likeness (QED) is 0.835. The average Bonchev–Trinajstić information content (AvgIpc) is 2.87. The number of hydrogen-bond donors (Lipinski definition) is 2. The lowest BCUT2D eigenvalue weighted by Gasteiger charge is -2.08. The lowest BCUT2D eigenvalue weighted by molar-refractivity contribution is 0.192. The molecule has 0 saturated carbocycles. The Kier molecular flexibility index (Phi) is 3.07. The summed E-state index contributed by atoms with van der Waals surface area (Å²) in [7, 11) is 0. The Morgan fingerprint density at radius 2 is 2.50 bits per heavy atom. The number of anilines is 1. The molecule has 2 N–H and O–H groups in total. The number of aliphatic hydroxyl groups is 1. The Morgan fingerprint density at radius 1 is 1.57 bits per heavy atom. The van der Waals surface area contributed by atoms with Gasteiger partial charge < -0.3 is 10.4 Å². The largest absolute Gasteiger partial charge is 0.387 e. The molecule has 14 heavy (non-hydrogen) atoms. The maximum atomic E-state index is 9.71. The van der Waals surface area contributed by atoms with Crippen LogP contribution in [0.15, 0.2) is 23.2 Å². The van der Waals surface area contributed by atoms with Crippen LogP contribution in [0.25, 0.3) is 0 Å². The molecule has 0 bridgehead atoms. The van der Waals surface area contributed by atoms with E-state index in [-0.39, 0.29) is 0 Å². The highest BCUT2D eigenvalue weighted by Gasteiger charge is 2.07. The number of rotatable bonds is 4. The first-order chi connectivity index (χ1) is 6.86. The topological polar surface area (TPSA) is 58.0 Å². The van der Waals surface area contributed by atoms with Crippen molar-refractivity contribution >= 4 is 28.0 Å². The van der Waals surface area contributed by atoms with Crippen molar-refractivity contribution in [1.29, 1.82) is 0 Å². The van der Waals surface area contributed by atoms with Gasteiger partial charge in [0.1, 0.15) is 6.33 Å². The number of nitrogens with zero attached hydrogens (tertiary/aromatic N) is 2. The normalized spacial score (nSPS) is 12.6. The van der Waals surface area contributed by atoms with E-state index in [0.717, 1.165) is 10.7 Å². The summed E-state index contributed by atoms with van der Waals surface area (Å²) in [6.45, 7) is 0.464. The van der Waals surface area contributed by atoms with Crippen molar-refractivity contribution in [3.8, 4) is 0 Å². The van der Waals surface area contributed by atoms with Gasteiger partial charge in [-0.3, -0.25) is 0 Å². The fraction of sp³-hybridized carbons (Fsp3) is 0.250. The minimum Gasteiger partial charge on any atom is -0.387 e. The van der Waals surface area contributed by atoms with Gasteiger partial charge in [0, 0.05) is 18.1 Å². The Morgan fingerprint density at radius 3 is 3.14 bits per heavy atom. The third-order valence-electron chi connectivity index (χ3n) is 1.74. The van der Waals surface area contributed by atoms with Crippen molar-refractivity contribution in [3.05, 3.63) is 28.7 Å². The molecule has 0 amide bonds. The zero-order valence-corrected chi connectivity index (χ0v) is 8.88. The van der Waals surface area contributed by atoms with Gasteiger partial charge >= 0.3 is 0 Å². The van der Waals surface area contributed by atoms with Crippen LogP contribution in [0.1, 0.15) is 11.7 Å². The molecule has 6 heteroatoms. The molecule has 2 aromatic heterocycles. The summed E-state index contributed by atoms with van der Waals surface area (Å²) in [4.78, 5) is 3.96. The molecule has 2 rings (SSSR count). The molecule has 74 valence electrons. The molecule has 0 aliphatic rings. The van der Waals surface area contributed by atoms with Crippen molar-refractivity contribution in [3.63, 3.8) is 0 Å². The number of aliphatic hydroxyl groups excluding tert-OH is 1. The van der Waals surface area contributed by atoms with E-state index in [9.17, 15) is 5.11 Å². The lowest BCUT2D eigenvalue weighted by atomic mass is 10.2. The Bertz CT molecular complexity index is 360. The van der Waals surface area contributed by atoms with E-state index in [1.807, 2.05) is 16.8 Å². The zero-order chi connectivity index (χ0) is 9.80. The van der Waals surface area contributed by atoms with Crippen molar-refractivity contribution in [1.82, 2.24) is 9.36 Å². The second kappa shape index (κ2) is 4.50. The summed E-state index contributed by atoms with van der Waals surface area (Å²) in [5, 5.41) is 17.3. The van der Waals surface area contributed by atoms with Crippen molar-refractivity contribution in [2.24, 2.45) is 0 Å². The van der Waals surface area contributed by atoms with Gasteiger partial charge in [0.05, 0.1) is 6.10 Å². The van der Waals surface area contributed by atoms with E-state index in [0.29, 0.717) is 6.54 Å². The molecule has 0 fully saturated rings. The number of thiophene rings is 1. The molecule has 0 spiro atoms. The van der Waals surface area contributed by atoms with Gasteiger partial charge in [0.2, 0.25) is 5.13 Å². The third-order valence-corrected chi connectivity index (χ3v) is 3.06. The maximum absolute atomic E-state index is 9.71. The highest BCUT2D eigenvalue weighted by atomic mass is 32.1. The summed E-state index contributed by atoms with van der Waals surface area (Å²) in [5.74, 6) is 0. The van der Waals surface area contributed by atoms with Crippen LogP contribution >= 0.6 is 22.9 Å². The summed E-state index contributed by atoms with van der Waals surface area (Å²) >= 11 is 2.86. The second-order valence-corrected chi connectivity index (χ2v) is 4.26. The predicted octanol–water partition coefficient (Wildman–Crippen LogP) is 1.75. The van der Waals surface area contributed by atoms with Crippen LogP contribution in [0.5, 0.6) is 0 Å². The number of hydrogen-bond acceptors (Lipinski definition) is 6. The van der Waals surface area contributed by atoms with E-state index < -0.39 is 6.10 Å². The first kappa shape index (κ1) is 9.57. The lowest BCUT2D eigenvalue weighted by Crippen LogP contribution is -2.11. The van der Waals surface area contributed by atoms with Crippen LogP contribution in [0, 0.1) is 0 Å². The third kappa shape index (κ3) is 2.28. The van der Waals surface area contributed by atoms with E-state index in [4.69, 9.17) is 0 Å². The summed E-state index contributed by atoms with van der Waals surface area (Å²) < 4.78 is 3.85. The van der Waals surface area contributed by atoms with E-state index in [1.165, 1.54) is 17.9 Å². The molecular formula is C8H9N3OS2. The molecule has 0 aliphatic carbocycles. The van der Waals surface area contributed by atoms with Gasteiger partial charge in [0.25, 0.3) is 0 Å². The molecule has 2 heterocycles. The summed E-state index contributed by atoms with van der Waals surface area (Å²) in [6.07, 6.45) is 1.01. The van der Waals surface area contributed by atoms with E-state index in [1.54, 1.807) is 11.3 Å². The van der Waals surface area contributed by atoms with Crippen LogP contribution in [-0.4, -0.2) is 21.0 Å². The highest BCUT2D eigenvalue weighted by molar-refractivity contribution is 7.09. The molecule has 0 radical (unpaired) electrons. The Hall–Kier alpha value is -0.980.